The molecule has 0 bridgehead atoms. The largest absolute Gasteiger partial charge is 0.396 e. The average molecular weight is 337 g/mol. The van der Waals surface area contributed by atoms with E-state index in [1.807, 2.05) is 71.6 Å². The van der Waals surface area contributed by atoms with Crippen molar-refractivity contribution in [1.82, 2.24) is 9.13 Å². The molecule has 25 heavy (non-hydrogen) atoms. The van der Waals surface area contributed by atoms with Crippen LogP contribution in [-0.4, -0.2) is 33.2 Å². The summed E-state index contributed by atoms with van der Waals surface area (Å²) < 4.78 is 3.95. The Kier molecular flexibility index (Phi) is 5.14. The SMILES string of the molecule is Cc1ccc(C(=O)Cn2c(=NCCCO)n(C)c3ccccc32)cc1. The Morgan fingerprint density at radius 1 is 1.08 bits per heavy atom. The third-order valence-corrected chi connectivity index (χ3v) is 4.32. The number of rotatable bonds is 6. The minimum Gasteiger partial charge on any atom is -0.396 e. The second-order valence-electron chi connectivity index (χ2n) is 6.18. The number of aromatic nitrogens is 2. The van der Waals surface area contributed by atoms with Crippen molar-refractivity contribution in [2.24, 2.45) is 12.0 Å². The number of ketones is 1. The third kappa shape index (κ3) is 3.56. The van der Waals surface area contributed by atoms with Crippen molar-refractivity contribution < 1.29 is 9.90 Å². The number of nitrogens with zero attached hydrogens (tertiary/aromatic N) is 3. The van der Waals surface area contributed by atoms with E-state index in [-0.39, 0.29) is 18.9 Å². The summed E-state index contributed by atoms with van der Waals surface area (Å²) in [6.45, 7) is 2.88. The maximum Gasteiger partial charge on any atom is 0.206 e. The number of aliphatic hydroxyl groups is 1. The van der Waals surface area contributed by atoms with Crippen LogP contribution in [0.5, 0.6) is 0 Å². The fraction of sp³-hybridized carbons (Fsp3) is 0.300. The number of aryl methyl sites for hydroxylation is 2. The molecule has 0 unspecified atom stereocenters. The number of fused-ring (bicyclic) bond motifs is 1. The second kappa shape index (κ2) is 7.49. The van der Waals surface area contributed by atoms with Gasteiger partial charge in [-0.05, 0) is 25.5 Å². The van der Waals surface area contributed by atoms with Crippen molar-refractivity contribution in [1.29, 1.82) is 0 Å². The zero-order valence-electron chi connectivity index (χ0n) is 14.6. The van der Waals surface area contributed by atoms with Gasteiger partial charge in [-0.15, -0.1) is 0 Å². The number of carbonyl (C=O) groups excluding carboxylic acids is 1. The Hall–Kier alpha value is -2.66. The van der Waals surface area contributed by atoms with Gasteiger partial charge in [-0.1, -0.05) is 42.0 Å². The van der Waals surface area contributed by atoms with Crippen LogP contribution < -0.4 is 5.62 Å². The Bertz CT molecular complexity index is 949. The first kappa shape index (κ1) is 17.2. The molecule has 3 aromatic rings. The van der Waals surface area contributed by atoms with E-state index in [9.17, 15) is 4.79 Å². The van der Waals surface area contributed by atoms with Crippen LogP contribution in [0.3, 0.4) is 0 Å². The Balaban J connectivity index is 2.04. The van der Waals surface area contributed by atoms with E-state index in [2.05, 4.69) is 4.99 Å². The highest BCUT2D eigenvalue weighted by Gasteiger charge is 2.13. The summed E-state index contributed by atoms with van der Waals surface area (Å²) in [7, 11) is 1.95. The molecule has 0 aliphatic heterocycles. The van der Waals surface area contributed by atoms with E-state index in [0.717, 1.165) is 22.2 Å². The van der Waals surface area contributed by atoms with E-state index in [4.69, 9.17) is 5.11 Å². The van der Waals surface area contributed by atoms with Crippen LogP contribution >= 0.6 is 0 Å². The van der Waals surface area contributed by atoms with E-state index < -0.39 is 0 Å². The van der Waals surface area contributed by atoms with Crippen molar-refractivity contribution in [3.05, 3.63) is 65.3 Å². The first-order chi connectivity index (χ1) is 12.1. The van der Waals surface area contributed by atoms with Crippen LogP contribution in [0.25, 0.3) is 11.0 Å². The second-order valence-corrected chi connectivity index (χ2v) is 6.18. The van der Waals surface area contributed by atoms with Gasteiger partial charge in [0.15, 0.2) is 5.78 Å². The van der Waals surface area contributed by atoms with Gasteiger partial charge in [0.1, 0.15) is 0 Å². The lowest BCUT2D eigenvalue weighted by atomic mass is 10.1. The zero-order chi connectivity index (χ0) is 17.8. The molecule has 0 aliphatic carbocycles. The van der Waals surface area contributed by atoms with Crippen molar-refractivity contribution in [2.75, 3.05) is 13.2 Å². The number of aliphatic hydroxyl groups excluding tert-OH is 1. The molecular formula is C20H23N3O2. The Morgan fingerprint density at radius 2 is 1.76 bits per heavy atom. The van der Waals surface area contributed by atoms with Gasteiger partial charge < -0.3 is 14.2 Å². The van der Waals surface area contributed by atoms with Crippen molar-refractivity contribution in [3.8, 4) is 0 Å². The average Bonchev–Trinajstić information content (AvgIpc) is 2.88. The molecule has 1 heterocycles. The van der Waals surface area contributed by atoms with Gasteiger partial charge in [0.25, 0.3) is 0 Å². The first-order valence-corrected chi connectivity index (χ1v) is 8.47. The number of imidazole rings is 1. The minimum atomic E-state index is 0.0555. The Morgan fingerprint density at radius 3 is 2.44 bits per heavy atom. The molecule has 0 saturated carbocycles. The van der Waals surface area contributed by atoms with Crippen LogP contribution in [0.4, 0.5) is 0 Å². The monoisotopic (exact) mass is 337 g/mol. The van der Waals surface area contributed by atoms with Gasteiger partial charge in [-0.25, -0.2) is 0 Å². The fourth-order valence-electron chi connectivity index (χ4n) is 2.94. The van der Waals surface area contributed by atoms with Gasteiger partial charge in [0.05, 0.1) is 17.6 Å². The van der Waals surface area contributed by atoms with Gasteiger partial charge in [0.2, 0.25) is 5.62 Å². The molecule has 1 N–H and O–H groups in total. The molecule has 0 fully saturated rings. The zero-order valence-corrected chi connectivity index (χ0v) is 14.6. The van der Waals surface area contributed by atoms with Crippen molar-refractivity contribution in [2.45, 2.75) is 19.9 Å². The predicted octanol–water partition coefficient (Wildman–Crippen LogP) is 2.45. The molecule has 0 amide bonds. The molecule has 0 radical (unpaired) electrons. The van der Waals surface area contributed by atoms with Crippen LogP contribution in [0.2, 0.25) is 0 Å². The summed E-state index contributed by atoms with van der Waals surface area (Å²) in [5, 5.41) is 9.01. The molecule has 130 valence electrons. The van der Waals surface area contributed by atoms with Gasteiger partial charge in [-0.3, -0.25) is 9.79 Å². The fourth-order valence-corrected chi connectivity index (χ4v) is 2.94. The summed E-state index contributed by atoms with van der Waals surface area (Å²) in [6, 6.07) is 15.6. The molecule has 5 heteroatoms. The van der Waals surface area contributed by atoms with Gasteiger partial charge >= 0.3 is 0 Å². The summed E-state index contributed by atoms with van der Waals surface area (Å²) in [5.74, 6) is 0.0555. The molecule has 5 nitrogen and oxygen atoms in total. The number of hydrogen-bond donors (Lipinski definition) is 1. The quantitative estimate of drug-likeness (QED) is 0.555. The lowest BCUT2D eigenvalue weighted by Gasteiger charge is -2.05. The highest BCUT2D eigenvalue weighted by atomic mass is 16.3. The van der Waals surface area contributed by atoms with E-state index >= 15 is 0 Å². The summed E-state index contributed by atoms with van der Waals surface area (Å²) >= 11 is 0. The molecule has 0 aliphatic rings. The number of hydrogen-bond acceptors (Lipinski definition) is 3. The maximum atomic E-state index is 12.7. The van der Waals surface area contributed by atoms with Crippen LogP contribution in [0.1, 0.15) is 22.3 Å². The van der Waals surface area contributed by atoms with E-state index in [0.29, 0.717) is 18.5 Å². The summed E-state index contributed by atoms with van der Waals surface area (Å²) in [5.41, 5.74) is 4.59. The molecular weight excluding hydrogens is 314 g/mol. The molecule has 0 atom stereocenters. The predicted molar refractivity (Wildman–Crippen MR) is 98.6 cm³/mol. The molecule has 0 saturated heterocycles. The highest BCUT2D eigenvalue weighted by molar-refractivity contribution is 5.96. The Labute approximate surface area is 146 Å². The number of benzene rings is 2. The molecule has 1 aromatic heterocycles. The highest BCUT2D eigenvalue weighted by Crippen LogP contribution is 2.13. The third-order valence-electron chi connectivity index (χ3n) is 4.32. The molecule has 3 rings (SSSR count). The smallest absolute Gasteiger partial charge is 0.206 e. The molecule has 2 aromatic carbocycles. The van der Waals surface area contributed by atoms with Gasteiger partial charge in [-0.2, -0.15) is 0 Å². The van der Waals surface area contributed by atoms with Crippen molar-refractivity contribution >= 4 is 16.8 Å². The molecule has 0 spiro atoms. The lowest BCUT2D eigenvalue weighted by molar-refractivity contribution is 0.0971. The maximum absolute atomic E-state index is 12.7. The lowest BCUT2D eigenvalue weighted by Crippen LogP contribution is -2.28. The van der Waals surface area contributed by atoms with Crippen molar-refractivity contribution in [3.63, 3.8) is 0 Å². The number of Topliss-reactive ketones (excluding diaryl/α,β-unsaturated/α-hetero) is 1. The number of carbonyl (C=O) groups is 1. The van der Waals surface area contributed by atoms with Crippen LogP contribution in [0.15, 0.2) is 53.5 Å². The van der Waals surface area contributed by atoms with Crippen LogP contribution in [0, 0.1) is 6.92 Å². The summed E-state index contributed by atoms with van der Waals surface area (Å²) in [4.78, 5) is 17.4. The van der Waals surface area contributed by atoms with E-state index in [1.165, 1.54) is 0 Å². The minimum absolute atomic E-state index is 0.0555. The first-order valence-electron chi connectivity index (χ1n) is 8.47. The number of para-hydroxylation sites is 2. The normalized spacial score (nSPS) is 12.0. The standard InChI is InChI=1S/C20H23N3O2/c1-15-8-10-16(11-9-15)19(25)14-23-18-7-4-3-6-17(18)22(2)20(23)21-12-5-13-24/h3-4,6-11,24H,5,12-14H2,1-2H3. The van der Waals surface area contributed by atoms with Crippen LogP contribution in [-0.2, 0) is 13.6 Å². The summed E-state index contributed by atoms with van der Waals surface area (Å²) in [6.07, 6.45) is 0.605. The van der Waals surface area contributed by atoms with E-state index in [1.54, 1.807) is 0 Å². The van der Waals surface area contributed by atoms with Gasteiger partial charge in [0, 0.05) is 25.8 Å². The topological polar surface area (TPSA) is 59.5 Å².